The van der Waals surface area contributed by atoms with E-state index in [2.05, 4.69) is 0 Å². The van der Waals surface area contributed by atoms with Gasteiger partial charge in [0.05, 0.1) is 26.3 Å². The molecule has 0 aliphatic carbocycles. The van der Waals surface area contributed by atoms with Crippen molar-refractivity contribution < 1.29 is 23.4 Å². The van der Waals surface area contributed by atoms with Crippen molar-refractivity contribution in [1.82, 2.24) is 0 Å². The molecule has 1 rings (SSSR count). The van der Waals surface area contributed by atoms with E-state index in [1.165, 1.54) is 0 Å². The van der Waals surface area contributed by atoms with Crippen LogP contribution in [-0.4, -0.2) is 37.0 Å². The third kappa shape index (κ3) is 3.35. The number of carboxylic acid groups (broad SMARTS) is 1. The molecule has 0 saturated heterocycles. The first kappa shape index (κ1) is 15.2. The maximum Gasteiger partial charge on any atom is 0.337 e. The second kappa shape index (κ2) is 5.88. The van der Waals surface area contributed by atoms with E-state index in [1.807, 2.05) is 0 Å². The van der Waals surface area contributed by atoms with Crippen LogP contribution in [0.2, 0.25) is 10.0 Å². The van der Waals surface area contributed by atoms with E-state index in [0.717, 1.165) is 12.1 Å². The fraction of sp³-hybridized carbons (Fsp3) is 0.300. The molecule has 1 aromatic rings. The number of hydrogen-bond donors (Lipinski definition) is 2. The fourth-order valence-electron chi connectivity index (χ4n) is 1.30. The number of benzene rings is 1. The molecule has 0 fully saturated rings. The van der Waals surface area contributed by atoms with Gasteiger partial charge in [-0.2, -0.15) is 0 Å². The quantitative estimate of drug-likeness (QED) is 0.865. The van der Waals surface area contributed by atoms with Crippen molar-refractivity contribution in [3.05, 3.63) is 27.7 Å². The smallest absolute Gasteiger partial charge is 0.337 e. The Hall–Kier alpha value is -0.820. The van der Waals surface area contributed by atoms with Crippen molar-refractivity contribution in [2.75, 3.05) is 12.4 Å². The monoisotopic (exact) mass is 312 g/mol. The van der Waals surface area contributed by atoms with E-state index in [0.29, 0.717) is 0 Å². The van der Waals surface area contributed by atoms with Gasteiger partial charge in [-0.05, 0) is 18.6 Å². The number of aliphatic hydroxyl groups is 1. The van der Waals surface area contributed by atoms with Crippen molar-refractivity contribution in [2.24, 2.45) is 0 Å². The van der Waals surface area contributed by atoms with E-state index in [9.17, 15) is 13.2 Å². The number of hydrogen-bond acceptors (Lipinski definition) is 4. The number of aliphatic hydroxyl groups excluding tert-OH is 1. The standard InChI is InChI=1S/C10H10Cl2O5S/c11-7-5-8(12)9(4-6(7)10(14)15)18(16,17)3-1-2-13/h4-5,13H,1-3H2,(H,14,15). The molecule has 5 nitrogen and oxygen atoms in total. The van der Waals surface area contributed by atoms with Crippen LogP contribution in [0.1, 0.15) is 16.8 Å². The largest absolute Gasteiger partial charge is 0.478 e. The van der Waals surface area contributed by atoms with Gasteiger partial charge >= 0.3 is 5.97 Å². The number of aromatic carboxylic acids is 1. The van der Waals surface area contributed by atoms with Gasteiger partial charge in [-0.1, -0.05) is 23.2 Å². The summed E-state index contributed by atoms with van der Waals surface area (Å²) in [5, 5.41) is 17.2. The first-order chi connectivity index (χ1) is 8.29. The van der Waals surface area contributed by atoms with Crippen LogP contribution in [0.5, 0.6) is 0 Å². The summed E-state index contributed by atoms with van der Waals surface area (Å²) in [6, 6.07) is 2.01. The normalized spacial score (nSPS) is 11.5. The first-order valence-electron chi connectivity index (χ1n) is 4.85. The van der Waals surface area contributed by atoms with Gasteiger partial charge in [0.15, 0.2) is 9.84 Å². The Morgan fingerprint density at radius 3 is 2.33 bits per heavy atom. The minimum Gasteiger partial charge on any atom is -0.478 e. The molecule has 0 atom stereocenters. The van der Waals surface area contributed by atoms with Crippen molar-refractivity contribution in [2.45, 2.75) is 11.3 Å². The lowest BCUT2D eigenvalue weighted by Crippen LogP contribution is -2.10. The summed E-state index contributed by atoms with van der Waals surface area (Å²) in [7, 11) is -3.74. The van der Waals surface area contributed by atoms with Gasteiger partial charge in [0.1, 0.15) is 0 Å². The Labute approximate surface area is 114 Å². The molecule has 0 spiro atoms. The molecule has 100 valence electrons. The highest BCUT2D eigenvalue weighted by Gasteiger charge is 2.22. The number of sulfone groups is 1. The van der Waals surface area contributed by atoms with Crippen LogP contribution in [0, 0.1) is 0 Å². The summed E-state index contributed by atoms with van der Waals surface area (Å²) in [6.45, 7) is -0.282. The molecule has 0 aromatic heterocycles. The highest BCUT2D eigenvalue weighted by molar-refractivity contribution is 7.91. The Morgan fingerprint density at radius 1 is 1.22 bits per heavy atom. The topological polar surface area (TPSA) is 91.7 Å². The zero-order chi connectivity index (χ0) is 13.9. The summed E-state index contributed by atoms with van der Waals surface area (Å²) in [6.07, 6.45) is 0.0453. The fourth-order valence-corrected chi connectivity index (χ4v) is 3.50. The van der Waals surface area contributed by atoms with Gasteiger partial charge < -0.3 is 10.2 Å². The van der Waals surface area contributed by atoms with Gasteiger partial charge in [0.25, 0.3) is 0 Å². The highest BCUT2D eigenvalue weighted by Crippen LogP contribution is 2.29. The maximum absolute atomic E-state index is 11.9. The van der Waals surface area contributed by atoms with Gasteiger partial charge in [0.2, 0.25) is 0 Å². The van der Waals surface area contributed by atoms with Crippen LogP contribution in [0.3, 0.4) is 0 Å². The average molecular weight is 313 g/mol. The number of carbonyl (C=O) groups is 1. The van der Waals surface area contributed by atoms with E-state index < -0.39 is 15.8 Å². The summed E-state index contributed by atoms with van der Waals surface area (Å²) in [4.78, 5) is 10.6. The van der Waals surface area contributed by atoms with Crippen LogP contribution >= 0.6 is 23.2 Å². The van der Waals surface area contributed by atoms with Crippen molar-refractivity contribution in [1.29, 1.82) is 0 Å². The first-order valence-corrected chi connectivity index (χ1v) is 7.26. The van der Waals surface area contributed by atoms with Crippen LogP contribution in [0.15, 0.2) is 17.0 Å². The molecule has 1 aromatic carbocycles. The summed E-state index contributed by atoms with van der Waals surface area (Å²) in [5.41, 5.74) is -0.330. The van der Waals surface area contributed by atoms with Gasteiger partial charge in [-0.25, -0.2) is 13.2 Å². The Bertz CT molecular complexity index is 568. The second-order valence-electron chi connectivity index (χ2n) is 3.46. The molecule has 0 aliphatic rings. The lowest BCUT2D eigenvalue weighted by Gasteiger charge is -2.08. The maximum atomic E-state index is 11.9. The van der Waals surface area contributed by atoms with Crippen LogP contribution < -0.4 is 0 Å². The summed E-state index contributed by atoms with van der Waals surface area (Å²) < 4.78 is 23.7. The Morgan fingerprint density at radius 2 is 1.83 bits per heavy atom. The molecule has 0 unspecified atom stereocenters. The molecule has 0 amide bonds. The third-order valence-electron chi connectivity index (χ3n) is 2.16. The molecule has 18 heavy (non-hydrogen) atoms. The second-order valence-corrected chi connectivity index (χ2v) is 6.36. The van der Waals surface area contributed by atoms with Crippen LogP contribution in [0.4, 0.5) is 0 Å². The van der Waals surface area contributed by atoms with Crippen molar-refractivity contribution in [3.63, 3.8) is 0 Å². The molecule has 2 N–H and O–H groups in total. The summed E-state index contributed by atoms with van der Waals surface area (Å²) >= 11 is 11.4. The van der Waals surface area contributed by atoms with E-state index >= 15 is 0 Å². The Kier molecular flexibility index (Phi) is 4.98. The zero-order valence-electron chi connectivity index (χ0n) is 9.06. The van der Waals surface area contributed by atoms with Crippen LogP contribution in [0.25, 0.3) is 0 Å². The zero-order valence-corrected chi connectivity index (χ0v) is 11.4. The lowest BCUT2D eigenvalue weighted by molar-refractivity contribution is 0.0697. The van der Waals surface area contributed by atoms with E-state index in [1.54, 1.807) is 0 Å². The predicted molar refractivity (Wildman–Crippen MR) is 67.2 cm³/mol. The molecular weight excluding hydrogens is 303 g/mol. The van der Waals surface area contributed by atoms with Gasteiger partial charge in [-0.15, -0.1) is 0 Å². The van der Waals surface area contributed by atoms with Gasteiger partial charge in [-0.3, -0.25) is 0 Å². The van der Waals surface area contributed by atoms with Gasteiger partial charge in [0, 0.05) is 6.61 Å². The number of carboxylic acids is 1. The minimum absolute atomic E-state index is 0.0453. The molecule has 0 saturated carbocycles. The van der Waals surface area contributed by atoms with Crippen molar-refractivity contribution >= 4 is 39.0 Å². The van der Waals surface area contributed by atoms with E-state index in [-0.39, 0.29) is 39.3 Å². The minimum atomic E-state index is -3.74. The number of halogens is 2. The summed E-state index contributed by atoms with van der Waals surface area (Å²) in [5.74, 6) is -1.65. The molecule has 0 aliphatic heterocycles. The number of rotatable bonds is 5. The lowest BCUT2D eigenvalue weighted by atomic mass is 10.2. The Balaban J connectivity index is 3.33. The molecule has 0 radical (unpaired) electrons. The molecule has 0 bridgehead atoms. The van der Waals surface area contributed by atoms with Crippen molar-refractivity contribution in [3.8, 4) is 0 Å². The van der Waals surface area contributed by atoms with E-state index in [4.69, 9.17) is 33.4 Å². The third-order valence-corrected chi connectivity index (χ3v) is 4.73. The average Bonchev–Trinajstić information content (AvgIpc) is 2.25. The SMILES string of the molecule is O=C(O)c1cc(S(=O)(=O)CCCO)c(Cl)cc1Cl. The van der Waals surface area contributed by atoms with Crippen LogP contribution in [-0.2, 0) is 9.84 Å². The molecule has 0 heterocycles. The predicted octanol–water partition coefficient (Wildman–Crippen LogP) is 1.85. The highest BCUT2D eigenvalue weighted by atomic mass is 35.5. The molecular formula is C10H10Cl2O5S. The molecule has 8 heteroatoms.